The Hall–Kier alpha value is -1.93. The Morgan fingerprint density at radius 2 is 2.00 bits per heavy atom. The molecule has 0 radical (unpaired) electrons. The maximum absolute atomic E-state index is 13.2. The summed E-state index contributed by atoms with van der Waals surface area (Å²) in [5.41, 5.74) is 1.53. The fraction of sp³-hybridized carbons (Fsp3) is 0.316. The highest BCUT2D eigenvalue weighted by atomic mass is 79.9. The molecule has 27 heavy (non-hydrogen) atoms. The highest BCUT2D eigenvalue weighted by Crippen LogP contribution is 2.31. The van der Waals surface area contributed by atoms with Crippen LogP contribution < -0.4 is 9.64 Å². The number of halogens is 2. The summed E-state index contributed by atoms with van der Waals surface area (Å²) in [7, 11) is -3.30. The van der Waals surface area contributed by atoms with Crippen molar-refractivity contribution >= 4 is 37.4 Å². The summed E-state index contributed by atoms with van der Waals surface area (Å²) in [5.74, 6) is -0.263. The van der Waals surface area contributed by atoms with E-state index in [0.717, 1.165) is 18.2 Å². The van der Waals surface area contributed by atoms with E-state index in [9.17, 15) is 17.6 Å². The molecule has 1 atom stereocenters. The smallest absolute Gasteiger partial charge is 0.267 e. The normalized spacial score (nSPS) is 15.2. The Bertz CT molecular complexity index is 993. The number of hydrogen-bond acceptors (Lipinski definition) is 4. The van der Waals surface area contributed by atoms with E-state index in [4.69, 9.17) is 4.74 Å². The SMILES string of the molecule is CC(Oc1ccc(F)cc1Br)C(=O)N1CCCc2cc(S(C)(=O)=O)ccc21. The summed E-state index contributed by atoms with van der Waals surface area (Å²) < 4.78 is 42.9. The van der Waals surface area contributed by atoms with Crippen LogP contribution in [0.5, 0.6) is 5.75 Å². The van der Waals surface area contributed by atoms with Gasteiger partial charge in [0.15, 0.2) is 15.9 Å². The molecule has 0 saturated heterocycles. The summed E-state index contributed by atoms with van der Waals surface area (Å²) in [5, 5.41) is 0. The second kappa shape index (κ2) is 7.59. The minimum absolute atomic E-state index is 0.237. The summed E-state index contributed by atoms with van der Waals surface area (Å²) in [6.07, 6.45) is 1.82. The summed E-state index contributed by atoms with van der Waals surface area (Å²) in [4.78, 5) is 14.8. The van der Waals surface area contributed by atoms with Crippen molar-refractivity contribution in [3.63, 3.8) is 0 Å². The molecule has 0 spiro atoms. The average molecular weight is 456 g/mol. The largest absolute Gasteiger partial charge is 0.480 e. The maximum atomic E-state index is 13.2. The van der Waals surface area contributed by atoms with E-state index in [0.29, 0.717) is 28.9 Å². The third-order valence-corrected chi connectivity index (χ3v) is 6.14. The van der Waals surface area contributed by atoms with Gasteiger partial charge >= 0.3 is 0 Å². The van der Waals surface area contributed by atoms with Crippen molar-refractivity contribution in [2.75, 3.05) is 17.7 Å². The van der Waals surface area contributed by atoms with E-state index in [1.165, 1.54) is 24.3 Å². The fourth-order valence-electron chi connectivity index (χ4n) is 3.06. The molecule has 1 amide bonds. The molecule has 2 aromatic carbocycles. The second-order valence-corrected chi connectivity index (χ2v) is 9.36. The number of benzene rings is 2. The molecule has 0 saturated carbocycles. The molecule has 0 N–H and O–H groups in total. The first-order valence-corrected chi connectivity index (χ1v) is 11.1. The Kier molecular flexibility index (Phi) is 5.58. The van der Waals surface area contributed by atoms with Gasteiger partial charge in [0.25, 0.3) is 5.91 Å². The van der Waals surface area contributed by atoms with E-state index < -0.39 is 21.8 Å². The Morgan fingerprint density at radius 1 is 1.26 bits per heavy atom. The molecular weight excluding hydrogens is 437 g/mol. The van der Waals surface area contributed by atoms with Gasteiger partial charge in [-0.3, -0.25) is 4.79 Å². The number of anilines is 1. The zero-order valence-electron chi connectivity index (χ0n) is 14.9. The van der Waals surface area contributed by atoms with Crippen LogP contribution in [0.25, 0.3) is 0 Å². The van der Waals surface area contributed by atoms with E-state index in [2.05, 4.69) is 15.9 Å². The molecule has 0 bridgehead atoms. The molecule has 1 aliphatic rings. The minimum atomic E-state index is -3.30. The molecule has 3 rings (SSSR count). The van der Waals surface area contributed by atoms with Gasteiger partial charge in [0.1, 0.15) is 11.6 Å². The number of aryl methyl sites for hydroxylation is 1. The number of carbonyl (C=O) groups is 1. The van der Waals surface area contributed by atoms with Crippen molar-refractivity contribution in [2.45, 2.75) is 30.8 Å². The minimum Gasteiger partial charge on any atom is -0.480 e. The summed E-state index contributed by atoms with van der Waals surface area (Å²) >= 11 is 3.23. The van der Waals surface area contributed by atoms with Gasteiger partial charge in [0, 0.05) is 18.5 Å². The van der Waals surface area contributed by atoms with Crippen LogP contribution >= 0.6 is 15.9 Å². The Balaban J connectivity index is 1.83. The predicted octanol–water partition coefficient (Wildman–Crippen LogP) is 3.74. The van der Waals surface area contributed by atoms with Crippen LogP contribution in [0.2, 0.25) is 0 Å². The molecule has 0 aliphatic carbocycles. The maximum Gasteiger partial charge on any atom is 0.267 e. The van der Waals surface area contributed by atoms with Gasteiger partial charge in [-0.25, -0.2) is 12.8 Å². The number of amides is 1. The van der Waals surface area contributed by atoms with E-state index in [-0.39, 0.29) is 10.8 Å². The number of ether oxygens (including phenoxy) is 1. The van der Waals surface area contributed by atoms with Crippen molar-refractivity contribution in [3.05, 3.63) is 52.3 Å². The lowest BCUT2D eigenvalue weighted by atomic mass is 10.0. The number of sulfone groups is 1. The van der Waals surface area contributed by atoms with Gasteiger partial charge in [-0.1, -0.05) is 0 Å². The second-order valence-electron chi connectivity index (χ2n) is 6.49. The van der Waals surface area contributed by atoms with Gasteiger partial charge in [-0.2, -0.15) is 0 Å². The molecule has 8 heteroatoms. The van der Waals surface area contributed by atoms with E-state index >= 15 is 0 Å². The van der Waals surface area contributed by atoms with Crippen LogP contribution in [-0.2, 0) is 21.1 Å². The van der Waals surface area contributed by atoms with Crippen molar-refractivity contribution < 1.29 is 22.3 Å². The van der Waals surface area contributed by atoms with Crippen LogP contribution in [0.3, 0.4) is 0 Å². The third-order valence-electron chi connectivity index (χ3n) is 4.41. The van der Waals surface area contributed by atoms with Gasteiger partial charge in [-0.15, -0.1) is 0 Å². The van der Waals surface area contributed by atoms with Gasteiger partial charge in [-0.05, 0) is 77.7 Å². The molecular formula is C19H19BrFNO4S. The summed E-state index contributed by atoms with van der Waals surface area (Å²) in [6.45, 7) is 2.17. The molecule has 0 fully saturated rings. The van der Waals surface area contributed by atoms with Crippen LogP contribution in [-0.4, -0.2) is 33.2 Å². The molecule has 1 unspecified atom stereocenters. The monoisotopic (exact) mass is 455 g/mol. The zero-order valence-corrected chi connectivity index (χ0v) is 17.3. The van der Waals surface area contributed by atoms with E-state index in [1.807, 2.05) is 0 Å². The van der Waals surface area contributed by atoms with Gasteiger partial charge in [0.2, 0.25) is 0 Å². The Labute approximate surface area is 166 Å². The standard InChI is InChI=1S/C19H19BrFNO4S/c1-12(26-18-8-5-14(21)11-16(18)20)19(23)22-9-3-4-13-10-15(27(2,24)25)6-7-17(13)22/h5-8,10-12H,3-4,9H2,1-2H3. The highest BCUT2D eigenvalue weighted by molar-refractivity contribution is 9.10. The summed E-state index contributed by atoms with van der Waals surface area (Å²) in [6, 6.07) is 8.82. The fourth-order valence-corrected chi connectivity index (χ4v) is 4.18. The number of nitrogens with zero attached hydrogens (tertiary/aromatic N) is 1. The van der Waals surface area contributed by atoms with Crippen molar-refractivity contribution in [3.8, 4) is 5.75 Å². The van der Waals surface area contributed by atoms with Crippen LogP contribution in [0, 0.1) is 5.82 Å². The number of fused-ring (bicyclic) bond motifs is 1. The molecule has 1 heterocycles. The van der Waals surface area contributed by atoms with Gasteiger partial charge < -0.3 is 9.64 Å². The van der Waals surface area contributed by atoms with Crippen LogP contribution in [0.15, 0.2) is 45.8 Å². The lowest BCUT2D eigenvalue weighted by molar-refractivity contribution is -0.124. The van der Waals surface area contributed by atoms with Crippen molar-refractivity contribution in [2.24, 2.45) is 0 Å². The first-order valence-electron chi connectivity index (χ1n) is 8.43. The first-order chi connectivity index (χ1) is 12.7. The molecule has 2 aromatic rings. The molecule has 144 valence electrons. The van der Waals surface area contributed by atoms with Crippen LogP contribution in [0.4, 0.5) is 10.1 Å². The average Bonchev–Trinajstić information content (AvgIpc) is 2.61. The number of hydrogen-bond donors (Lipinski definition) is 0. The van der Waals surface area contributed by atoms with Crippen molar-refractivity contribution in [1.82, 2.24) is 0 Å². The zero-order chi connectivity index (χ0) is 19.8. The molecule has 5 nitrogen and oxygen atoms in total. The lowest BCUT2D eigenvalue weighted by Crippen LogP contribution is -2.43. The lowest BCUT2D eigenvalue weighted by Gasteiger charge is -2.31. The Morgan fingerprint density at radius 3 is 2.67 bits per heavy atom. The van der Waals surface area contributed by atoms with Crippen LogP contribution in [0.1, 0.15) is 18.9 Å². The predicted molar refractivity (Wildman–Crippen MR) is 104 cm³/mol. The quantitative estimate of drug-likeness (QED) is 0.704. The number of carbonyl (C=O) groups excluding carboxylic acids is 1. The first kappa shape index (κ1) is 19.8. The number of rotatable bonds is 4. The van der Waals surface area contributed by atoms with E-state index in [1.54, 1.807) is 24.0 Å². The van der Waals surface area contributed by atoms with Gasteiger partial charge in [0.05, 0.1) is 9.37 Å². The third kappa shape index (κ3) is 4.32. The highest BCUT2D eigenvalue weighted by Gasteiger charge is 2.28. The molecule has 1 aliphatic heterocycles. The molecule has 0 aromatic heterocycles. The van der Waals surface area contributed by atoms with Crippen molar-refractivity contribution in [1.29, 1.82) is 0 Å². The topological polar surface area (TPSA) is 63.7 Å².